The van der Waals surface area contributed by atoms with Crippen LogP contribution in [0.4, 0.5) is 0 Å². The van der Waals surface area contributed by atoms with Gasteiger partial charge in [0.1, 0.15) is 11.0 Å². The Balaban J connectivity index is 1.65. The summed E-state index contributed by atoms with van der Waals surface area (Å²) in [6.45, 7) is 4.96. The van der Waals surface area contributed by atoms with Crippen LogP contribution in [-0.2, 0) is 0 Å². The normalized spacial score (nSPS) is 18.3. The van der Waals surface area contributed by atoms with E-state index < -0.39 is 0 Å². The number of aromatic nitrogens is 4. The average Bonchev–Trinajstić information content (AvgIpc) is 2.95. The van der Waals surface area contributed by atoms with Gasteiger partial charge >= 0.3 is 0 Å². The lowest BCUT2D eigenvalue weighted by Crippen LogP contribution is -2.44. The molecule has 0 aliphatic carbocycles. The molecule has 1 aliphatic rings. The molecule has 7 nitrogen and oxygen atoms in total. The molecule has 1 saturated heterocycles. The third-order valence-corrected chi connectivity index (χ3v) is 4.39. The highest BCUT2D eigenvalue weighted by molar-refractivity contribution is 7.07. The number of amides is 1. The molecule has 0 N–H and O–H groups in total. The van der Waals surface area contributed by atoms with E-state index in [4.69, 9.17) is 4.74 Å². The molecule has 1 unspecified atom stereocenters. The predicted octanol–water partition coefficient (Wildman–Crippen LogP) is 1.63. The Morgan fingerprint density at radius 1 is 1.32 bits per heavy atom. The minimum absolute atomic E-state index is 0.0178. The van der Waals surface area contributed by atoms with Gasteiger partial charge in [-0.05, 0) is 44.3 Å². The molecule has 0 spiro atoms. The van der Waals surface area contributed by atoms with Crippen molar-refractivity contribution in [3.63, 3.8) is 0 Å². The maximum atomic E-state index is 12.5. The van der Waals surface area contributed by atoms with Crippen molar-refractivity contribution in [1.82, 2.24) is 24.7 Å². The summed E-state index contributed by atoms with van der Waals surface area (Å²) in [5.41, 5.74) is 1.53. The van der Waals surface area contributed by atoms with Gasteiger partial charge in [0.15, 0.2) is 0 Å². The summed E-state index contributed by atoms with van der Waals surface area (Å²) in [5.74, 6) is 0.483. The number of hydrogen-bond donors (Lipinski definition) is 0. The first-order valence-corrected chi connectivity index (χ1v) is 7.96. The molecule has 1 fully saturated rings. The number of likely N-dealkylation sites (tertiary alicyclic amines) is 1. The predicted molar refractivity (Wildman–Crippen MR) is 81.0 cm³/mol. The lowest BCUT2D eigenvalue weighted by Gasteiger charge is -2.32. The highest BCUT2D eigenvalue weighted by Gasteiger charge is 2.28. The molecule has 2 aromatic heterocycles. The first-order chi connectivity index (χ1) is 10.6. The van der Waals surface area contributed by atoms with E-state index in [2.05, 4.69) is 19.8 Å². The number of ether oxygens (including phenoxy) is 1. The van der Waals surface area contributed by atoms with Gasteiger partial charge in [-0.25, -0.2) is 0 Å². The number of carbonyl (C=O) groups excluding carboxylic acids is 1. The summed E-state index contributed by atoms with van der Waals surface area (Å²) in [5, 5.41) is 11.9. The Labute approximate surface area is 132 Å². The van der Waals surface area contributed by atoms with Gasteiger partial charge in [0.2, 0.25) is 5.88 Å². The quantitative estimate of drug-likeness (QED) is 0.855. The van der Waals surface area contributed by atoms with Crippen molar-refractivity contribution in [3.8, 4) is 5.88 Å². The van der Waals surface area contributed by atoms with Crippen LogP contribution in [0.1, 0.15) is 33.9 Å². The number of rotatable bonds is 3. The zero-order chi connectivity index (χ0) is 15.5. The lowest BCUT2D eigenvalue weighted by molar-refractivity contribution is 0.0529. The van der Waals surface area contributed by atoms with Gasteiger partial charge in [0.25, 0.3) is 5.91 Å². The van der Waals surface area contributed by atoms with Crippen LogP contribution in [0.25, 0.3) is 0 Å². The highest BCUT2D eigenvalue weighted by atomic mass is 32.1. The van der Waals surface area contributed by atoms with Gasteiger partial charge in [-0.2, -0.15) is 5.10 Å². The molecule has 3 heterocycles. The molecule has 3 rings (SSSR count). The van der Waals surface area contributed by atoms with Crippen molar-refractivity contribution in [2.24, 2.45) is 0 Å². The van der Waals surface area contributed by atoms with E-state index in [-0.39, 0.29) is 12.0 Å². The van der Waals surface area contributed by atoms with Gasteiger partial charge in [-0.1, -0.05) is 4.49 Å². The van der Waals surface area contributed by atoms with Crippen LogP contribution in [0.15, 0.2) is 12.1 Å². The maximum absolute atomic E-state index is 12.5. The second-order valence-corrected chi connectivity index (χ2v) is 6.09. The fraction of sp³-hybridized carbons (Fsp3) is 0.500. The van der Waals surface area contributed by atoms with Gasteiger partial charge in [-0.3, -0.25) is 4.79 Å². The number of nitrogens with zero attached hydrogens (tertiary/aromatic N) is 5. The highest BCUT2D eigenvalue weighted by Crippen LogP contribution is 2.20. The van der Waals surface area contributed by atoms with E-state index in [0.717, 1.165) is 36.6 Å². The SMILES string of the molecule is Cc1ccc(OC2CCCN(C(=O)c3snnc3C)C2)nn1. The van der Waals surface area contributed by atoms with E-state index >= 15 is 0 Å². The average molecular weight is 319 g/mol. The van der Waals surface area contributed by atoms with E-state index in [0.29, 0.717) is 23.0 Å². The van der Waals surface area contributed by atoms with Crippen LogP contribution in [0.3, 0.4) is 0 Å². The summed E-state index contributed by atoms with van der Waals surface area (Å²) in [4.78, 5) is 14.9. The summed E-state index contributed by atoms with van der Waals surface area (Å²) in [7, 11) is 0. The number of piperidine rings is 1. The molecular formula is C14H17N5O2S. The fourth-order valence-electron chi connectivity index (χ4n) is 2.41. The van der Waals surface area contributed by atoms with Crippen LogP contribution in [0.5, 0.6) is 5.88 Å². The van der Waals surface area contributed by atoms with Crippen molar-refractivity contribution in [2.45, 2.75) is 32.8 Å². The molecule has 1 amide bonds. The maximum Gasteiger partial charge on any atom is 0.267 e. The second-order valence-electron chi connectivity index (χ2n) is 5.33. The first-order valence-electron chi connectivity index (χ1n) is 7.18. The Morgan fingerprint density at radius 3 is 2.86 bits per heavy atom. The Bertz CT molecular complexity index is 658. The second kappa shape index (κ2) is 6.35. The monoisotopic (exact) mass is 319 g/mol. The van der Waals surface area contributed by atoms with Crippen LogP contribution in [0, 0.1) is 13.8 Å². The summed E-state index contributed by atoms with van der Waals surface area (Å²) < 4.78 is 9.67. The molecule has 0 bridgehead atoms. The zero-order valence-electron chi connectivity index (χ0n) is 12.5. The Kier molecular flexibility index (Phi) is 4.28. The van der Waals surface area contributed by atoms with E-state index in [9.17, 15) is 4.79 Å². The van der Waals surface area contributed by atoms with Crippen molar-refractivity contribution < 1.29 is 9.53 Å². The Hall–Kier alpha value is -2.09. The summed E-state index contributed by atoms with van der Waals surface area (Å²) in [6, 6.07) is 3.67. The molecule has 116 valence electrons. The molecule has 8 heteroatoms. The lowest BCUT2D eigenvalue weighted by atomic mass is 10.1. The van der Waals surface area contributed by atoms with Crippen LogP contribution < -0.4 is 4.74 Å². The van der Waals surface area contributed by atoms with Crippen LogP contribution in [-0.4, -0.2) is 49.8 Å². The largest absolute Gasteiger partial charge is 0.471 e. The van der Waals surface area contributed by atoms with Gasteiger partial charge in [-0.15, -0.1) is 10.2 Å². The molecule has 22 heavy (non-hydrogen) atoms. The Morgan fingerprint density at radius 2 is 2.18 bits per heavy atom. The van der Waals surface area contributed by atoms with Crippen LogP contribution >= 0.6 is 11.5 Å². The molecular weight excluding hydrogens is 302 g/mol. The number of carbonyl (C=O) groups is 1. The molecule has 1 aliphatic heterocycles. The minimum atomic E-state index is -0.0594. The van der Waals surface area contributed by atoms with E-state index in [1.807, 2.05) is 13.0 Å². The molecule has 0 aromatic carbocycles. The minimum Gasteiger partial charge on any atom is -0.471 e. The molecule has 1 atom stereocenters. The third kappa shape index (κ3) is 3.22. The number of hydrogen-bond acceptors (Lipinski definition) is 7. The smallest absolute Gasteiger partial charge is 0.267 e. The van der Waals surface area contributed by atoms with Gasteiger partial charge < -0.3 is 9.64 Å². The van der Waals surface area contributed by atoms with Crippen molar-refractivity contribution in [3.05, 3.63) is 28.4 Å². The van der Waals surface area contributed by atoms with Crippen molar-refractivity contribution >= 4 is 17.4 Å². The van der Waals surface area contributed by atoms with Crippen molar-refractivity contribution in [2.75, 3.05) is 13.1 Å². The number of aryl methyl sites for hydroxylation is 2. The van der Waals surface area contributed by atoms with Gasteiger partial charge in [0.05, 0.1) is 17.9 Å². The fourth-order valence-corrected chi connectivity index (χ4v) is 3.04. The third-order valence-electron chi connectivity index (χ3n) is 3.57. The molecule has 2 aromatic rings. The standard InChI is InChI=1S/C14H17N5O2S/c1-9-5-6-12(17-15-9)21-11-4-3-7-19(8-11)14(20)13-10(2)16-18-22-13/h5-6,11H,3-4,7-8H2,1-2H3. The van der Waals surface area contributed by atoms with Gasteiger partial charge in [0, 0.05) is 12.6 Å². The van der Waals surface area contributed by atoms with Crippen LogP contribution in [0.2, 0.25) is 0 Å². The zero-order valence-corrected chi connectivity index (χ0v) is 13.3. The molecule has 0 saturated carbocycles. The summed E-state index contributed by atoms with van der Waals surface area (Å²) in [6.07, 6.45) is 1.75. The van der Waals surface area contributed by atoms with E-state index in [1.54, 1.807) is 17.9 Å². The molecule has 0 radical (unpaired) electrons. The summed E-state index contributed by atoms with van der Waals surface area (Å²) >= 11 is 1.14. The first kappa shape index (κ1) is 14.8. The van der Waals surface area contributed by atoms with E-state index in [1.165, 1.54) is 0 Å². The van der Waals surface area contributed by atoms with Crippen molar-refractivity contribution in [1.29, 1.82) is 0 Å². The topological polar surface area (TPSA) is 81.1 Å².